The standard InChI is InChI=1S/C43H55N5O3/c44-37-27-39(41(50)47-26-14-24-38(47)40(49)45-28-33-17-13-25-46(30-33)29-32-15-5-1-6-16-32)48(31-37)42(51)43(34-18-7-2-8-19-34,35-20-9-3-10-21-35)36-22-11-4-12-23-36/h2-4,7-12,18-23,32-33,37-39H,1,5-6,13-17,24-31,44H2,(H,45,49)/t33-,37+,38-,39+/m1/s1. The van der Waals surface area contributed by atoms with Gasteiger partial charge in [-0.15, -0.1) is 0 Å². The minimum absolute atomic E-state index is 0.0716. The number of carbonyl (C=O) groups excluding carboxylic acids is 3. The molecule has 3 amide bonds. The highest BCUT2D eigenvalue weighted by atomic mass is 16.2. The summed E-state index contributed by atoms with van der Waals surface area (Å²) in [6.45, 7) is 4.80. The van der Waals surface area contributed by atoms with Gasteiger partial charge in [0.1, 0.15) is 17.5 Å². The Hall–Kier alpha value is -4.01. The molecular weight excluding hydrogens is 635 g/mol. The maximum atomic E-state index is 15.4. The first-order valence-corrected chi connectivity index (χ1v) is 19.5. The van der Waals surface area contributed by atoms with Crippen molar-refractivity contribution >= 4 is 17.7 Å². The van der Waals surface area contributed by atoms with Crippen LogP contribution >= 0.6 is 0 Å². The van der Waals surface area contributed by atoms with Gasteiger partial charge in [0.15, 0.2) is 0 Å². The van der Waals surface area contributed by atoms with Crippen molar-refractivity contribution in [2.75, 3.05) is 39.3 Å². The summed E-state index contributed by atoms with van der Waals surface area (Å²) in [5, 5.41) is 3.26. The minimum atomic E-state index is -1.20. The van der Waals surface area contributed by atoms with Crippen molar-refractivity contribution in [3.63, 3.8) is 0 Å². The third kappa shape index (κ3) is 7.49. The fraction of sp³-hybridized carbons (Fsp3) is 0.512. The molecule has 0 aromatic heterocycles. The average Bonchev–Trinajstić information content (AvgIpc) is 3.83. The fourth-order valence-corrected chi connectivity index (χ4v) is 9.55. The van der Waals surface area contributed by atoms with Crippen molar-refractivity contribution < 1.29 is 14.4 Å². The predicted molar refractivity (Wildman–Crippen MR) is 201 cm³/mol. The molecule has 4 atom stereocenters. The first-order chi connectivity index (χ1) is 24.9. The van der Waals surface area contributed by atoms with Crippen LogP contribution in [0.5, 0.6) is 0 Å². The molecule has 4 aliphatic rings. The lowest BCUT2D eigenvalue weighted by atomic mass is 9.68. The first-order valence-electron chi connectivity index (χ1n) is 19.5. The molecule has 3 heterocycles. The Morgan fingerprint density at radius 2 is 1.22 bits per heavy atom. The lowest BCUT2D eigenvalue weighted by molar-refractivity contribution is -0.147. The van der Waals surface area contributed by atoms with E-state index in [1.54, 1.807) is 9.80 Å². The zero-order chi connectivity index (χ0) is 35.2. The molecule has 1 saturated carbocycles. The van der Waals surface area contributed by atoms with Crippen LogP contribution in [0.3, 0.4) is 0 Å². The van der Waals surface area contributed by atoms with Gasteiger partial charge in [-0.05, 0) is 80.0 Å². The molecule has 8 nitrogen and oxygen atoms in total. The zero-order valence-corrected chi connectivity index (χ0v) is 30.0. The van der Waals surface area contributed by atoms with E-state index in [4.69, 9.17) is 5.73 Å². The molecule has 1 aliphatic carbocycles. The van der Waals surface area contributed by atoms with Crippen molar-refractivity contribution in [2.45, 2.75) is 87.7 Å². The van der Waals surface area contributed by atoms with Crippen molar-refractivity contribution in [1.29, 1.82) is 0 Å². The van der Waals surface area contributed by atoms with Gasteiger partial charge in [-0.1, -0.05) is 110 Å². The highest BCUT2D eigenvalue weighted by Gasteiger charge is 2.52. The van der Waals surface area contributed by atoms with Crippen LogP contribution in [0.1, 0.15) is 80.9 Å². The third-order valence-corrected chi connectivity index (χ3v) is 12.1. The second-order valence-electron chi connectivity index (χ2n) is 15.5. The Morgan fingerprint density at radius 1 is 0.647 bits per heavy atom. The number of carbonyl (C=O) groups is 3. The van der Waals surface area contributed by atoms with Gasteiger partial charge < -0.3 is 25.8 Å². The van der Waals surface area contributed by atoms with Gasteiger partial charge in [-0.25, -0.2) is 0 Å². The van der Waals surface area contributed by atoms with E-state index >= 15 is 4.79 Å². The van der Waals surface area contributed by atoms with Crippen LogP contribution < -0.4 is 11.1 Å². The van der Waals surface area contributed by atoms with E-state index in [9.17, 15) is 9.59 Å². The summed E-state index contributed by atoms with van der Waals surface area (Å²) >= 11 is 0. The number of benzene rings is 3. The van der Waals surface area contributed by atoms with Gasteiger partial charge in [0.05, 0.1) is 0 Å². The van der Waals surface area contributed by atoms with E-state index in [0.29, 0.717) is 31.8 Å². The van der Waals surface area contributed by atoms with Crippen LogP contribution in [0.2, 0.25) is 0 Å². The van der Waals surface area contributed by atoms with Crippen molar-refractivity contribution in [3.8, 4) is 0 Å². The molecule has 4 fully saturated rings. The van der Waals surface area contributed by atoms with Crippen LogP contribution in [0.15, 0.2) is 91.0 Å². The second kappa shape index (κ2) is 16.1. The van der Waals surface area contributed by atoms with Crippen LogP contribution in [-0.4, -0.2) is 89.8 Å². The van der Waals surface area contributed by atoms with E-state index in [1.807, 2.05) is 91.0 Å². The van der Waals surface area contributed by atoms with Crippen LogP contribution in [0, 0.1) is 11.8 Å². The van der Waals surface area contributed by atoms with Crippen LogP contribution in [0.4, 0.5) is 0 Å². The lowest BCUT2D eigenvalue weighted by Crippen LogP contribution is -2.56. The number of piperidine rings is 1. The molecule has 3 aliphatic heterocycles. The predicted octanol–water partition coefficient (Wildman–Crippen LogP) is 5.35. The minimum Gasteiger partial charge on any atom is -0.354 e. The highest BCUT2D eigenvalue weighted by molar-refractivity contribution is 6.00. The molecule has 0 bridgehead atoms. The molecule has 51 heavy (non-hydrogen) atoms. The molecule has 7 rings (SSSR count). The van der Waals surface area contributed by atoms with Gasteiger partial charge in [0.25, 0.3) is 0 Å². The Morgan fingerprint density at radius 3 is 1.82 bits per heavy atom. The second-order valence-corrected chi connectivity index (χ2v) is 15.5. The molecule has 3 N–H and O–H groups in total. The van der Waals surface area contributed by atoms with Gasteiger partial charge >= 0.3 is 0 Å². The Balaban J connectivity index is 1.09. The zero-order valence-electron chi connectivity index (χ0n) is 30.0. The van der Waals surface area contributed by atoms with Crippen molar-refractivity contribution in [3.05, 3.63) is 108 Å². The third-order valence-electron chi connectivity index (χ3n) is 12.1. The number of nitrogens with two attached hydrogens (primary N) is 1. The first kappa shape index (κ1) is 35.4. The van der Waals surface area contributed by atoms with Gasteiger partial charge in [-0.2, -0.15) is 0 Å². The summed E-state index contributed by atoms with van der Waals surface area (Å²) in [7, 11) is 0. The van der Waals surface area contributed by atoms with Crippen molar-refractivity contribution in [2.24, 2.45) is 17.6 Å². The number of amides is 3. The maximum Gasteiger partial charge on any atom is 0.246 e. The topological polar surface area (TPSA) is 99.0 Å². The molecule has 8 heteroatoms. The normalized spacial score (nSPS) is 24.8. The number of nitrogens with one attached hydrogen (secondary N) is 1. The molecule has 0 unspecified atom stereocenters. The average molecular weight is 690 g/mol. The number of likely N-dealkylation sites (tertiary alicyclic amines) is 3. The SMILES string of the molecule is N[C@H]1C[C@@H](C(=O)N2CCC[C@@H]2C(=O)NC[C@H]2CCCN(CC3CCCCC3)C2)N(C(=O)C(c2ccccc2)(c2ccccc2)c2ccccc2)C1. The Kier molecular flexibility index (Phi) is 11.2. The number of hydrogen-bond acceptors (Lipinski definition) is 5. The summed E-state index contributed by atoms with van der Waals surface area (Å²) in [5.74, 6) is 0.831. The van der Waals surface area contributed by atoms with Gasteiger partial charge in [0, 0.05) is 38.8 Å². The highest BCUT2D eigenvalue weighted by Crippen LogP contribution is 2.42. The quantitative estimate of drug-likeness (QED) is 0.280. The molecule has 3 aromatic rings. The summed E-state index contributed by atoms with van der Waals surface area (Å²) in [4.78, 5) is 49.9. The maximum absolute atomic E-state index is 15.4. The van der Waals surface area contributed by atoms with E-state index in [0.717, 1.165) is 48.5 Å². The molecule has 3 saturated heterocycles. The number of nitrogens with zero attached hydrogens (tertiary/aromatic N) is 3. The van der Waals surface area contributed by atoms with E-state index in [-0.39, 0.29) is 30.3 Å². The van der Waals surface area contributed by atoms with Crippen molar-refractivity contribution in [1.82, 2.24) is 20.0 Å². The fourth-order valence-electron chi connectivity index (χ4n) is 9.55. The number of hydrogen-bond donors (Lipinski definition) is 2. The van der Waals surface area contributed by atoms with Gasteiger partial charge in [0.2, 0.25) is 17.7 Å². The Labute approximate surface area is 303 Å². The molecule has 0 radical (unpaired) electrons. The van der Waals surface area contributed by atoms with Gasteiger partial charge in [-0.3, -0.25) is 14.4 Å². The molecule has 3 aromatic carbocycles. The van der Waals surface area contributed by atoms with Crippen LogP contribution in [0.25, 0.3) is 0 Å². The van der Waals surface area contributed by atoms with E-state index in [1.165, 1.54) is 45.1 Å². The molecule has 270 valence electrons. The largest absolute Gasteiger partial charge is 0.354 e. The van der Waals surface area contributed by atoms with E-state index < -0.39 is 17.5 Å². The molecular formula is C43H55N5O3. The summed E-state index contributed by atoms with van der Waals surface area (Å²) in [5.41, 5.74) is 7.89. The smallest absolute Gasteiger partial charge is 0.246 e. The number of rotatable bonds is 10. The summed E-state index contributed by atoms with van der Waals surface area (Å²) in [6, 6.07) is 27.9. The summed E-state index contributed by atoms with van der Waals surface area (Å²) in [6.07, 6.45) is 10.9. The van der Waals surface area contributed by atoms with E-state index in [2.05, 4.69) is 10.2 Å². The lowest BCUT2D eigenvalue weighted by Gasteiger charge is -2.40. The summed E-state index contributed by atoms with van der Waals surface area (Å²) < 4.78 is 0. The molecule has 0 spiro atoms. The monoisotopic (exact) mass is 689 g/mol. The Bertz CT molecular complexity index is 1520. The van der Waals surface area contributed by atoms with Crippen LogP contribution in [-0.2, 0) is 19.8 Å².